The molecule has 104 valence electrons. The second kappa shape index (κ2) is 5.77. The normalized spacial score (nSPS) is 19.0. The SMILES string of the molecule is CC1=CC(N=Nc2ccc(N(C)C)cc2)=CC(C)[N+]1=O. The minimum atomic E-state index is -0.204. The molecule has 0 amide bonds. The molecule has 5 nitrogen and oxygen atoms in total. The first kappa shape index (κ1) is 14.1. The molecule has 0 aliphatic carbocycles. The van der Waals surface area contributed by atoms with E-state index in [-0.39, 0.29) is 6.04 Å². The Bertz CT molecular complexity index is 597. The van der Waals surface area contributed by atoms with Gasteiger partial charge in [0.15, 0.2) is 0 Å². The number of nitrogens with zero attached hydrogens (tertiary/aromatic N) is 4. The Labute approximate surface area is 118 Å². The van der Waals surface area contributed by atoms with Crippen molar-refractivity contribution in [3.05, 3.63) is 52.7 Å². The lowest BCUT2D eigenvalue weighted by Gasteiger charge is -2.11. The van der Waals surface area contributed by atoms with Gasteiger partial charge in [-0.2, -0.15) is 10.2 Å². The van der Waals surface area contributed by atoms with Crippen molar-refractivity contribution in [1.82, 2.24) is 0 Å². The molecule has 20 heavy (non-hydrogen) atoms. The second-order valence-electron chi connectivity index (χ2n) is 5.05. The molecular formula is C15H19N4O+. The number of benzene rings is 1. The maximum atomic E-state index is 11.6. The Balaban J connectivity index is 2.14. The molecule has 0 aromatic heterocycles. The van der Waals surface area contributed by atoms with Crippen LogP contribution in [0.3, 0.4) is 0 Å². The number of azo groups is 1. The van der Waals surface area contributed by atoms with E-state index in [9.17, 15) is 4.91 Å². The maximum Gasteiger partial charge on any atom is 0.232 e. The van der Waals surface area contributed by atoms with E-state index in [1.807, 2.05) is 50.2 Å². The third kappa shape index (κ3) is 3.17. The van der Waals surface area contributed by atoms with Gasteiger partial charge in [0.05, 0.1) is 11.4 Å². The Morgan fingerprint density at radius 2 is 1.80 bits per heavy atom. The van der Waals surface area contributed by atoms with Crippen LogP contribution in [-0.2, 0) is 0 Å². The van der Waals surface area contributed by atoms with Crippen LogP contribution >= 0.6 is 0 Å². The highest BCUT2D eigenvalue weighted by molar-refractivity contribution is 5.51. The molecule has 1 atom stereocenters. The molecule has 0 radical (unpaired) electrons. The zero-order valence-electron chi connectivity index (χ0n) is 12.2. The lowest BCUT2D eigenvalue weighted by Crippen LogP contribution is -2.20. The van der Waals surface area contributed by atoms with Gasteiger partial charge in [0.25, 0.3) is 0 Å². The standard InChI is InChI=1S/C15H19N4O/c1-11-9-14(10-12(2)19(11)20)17-16-13-5-7-15(8-6-13)18(3)4/h5-11H,1-4H3/q+1. The van der Waals surface area contributed by atoms with Crippen LogP contribution in [0.2, 0.25) is 0 Å². The van der Waals surface area contributed by atoms with Crippen molar-refractivity contribution in [1.29, 1.82) is 0 Å². The highest BCUT2D eigenvalue weighted by Gasteiger charge is 2.25. The van der Waals surface area contributed by atoms with Crippen LogP contribution in [0.5, 0.6) is 0 Å². The smallest absolute Gasteiger partial charge is 0.232 e. The Morgan fingerprint density at radius 1 is 1.15 bits per heavy atom. The predicted octanol–water partition coefficient (Wildman–Crippen LogP) is 3.81. The van der Waals surface area contributed by atoms with Crippen molar-refractivity contribution in [2.24, 2.45) is 10.2 Å². The lowest BCUT2D eigenvalue weighted by atomic mass is 10.2. The van der Waals surface area contributed by atoms with Gasteiger partial charge < -0.3 is 4.90 Å². The van der Waals surface area contributed by atoms with E-state index in [2.05, 4.69) is 10.2 Å². The first-order chi connectivity index (χ1) is 9.47. The van der Waals surface area contributed by atoms with Crippen molar-refractivity contribution in [2.75, 3.05) is 19.0 Å². The number of rotatable bonds is 3. The zero-order chi connectivity index (χ0) is 14.7. The van der Waals surface area contributed by atoms with E-state index in [1.165, 1.54) is 0 Å². The molecular weight excluding hydrogens is 252 g/mol. The molecule has 0 saturated heterocycles. The third-order valence-electron chi connectivity index (χ3n) is 3.13. The monoisotopic (exact) mass is 271 g/mol. The second-order valence-corrected chi connectivity index (χ2v) is 5.05. The van der Waals surface area contributed by atoms with Crippen molar-refractivity contribution in [3.8, 4) is 0 Å². The topological polar surface area (TPSA) is 48.0 Å². The summed E-state index contributed by atoms with van der Waals surface area (Å²) in [4.78, 5) is 13.6. The van der Waals surface area contributed by atoms with E-state index in [0.717, 1.165) is 21.8 Å². The van der Waals surface area contributed by atoms with Gasteiger partial charge in [-0.3, -0.25) is 0 Å². The highest BCUT2D eigenvalue weighted by atomic mass is 16.3. The highest BCUT2D eigenvalue weighted by Crippen LogP contribution is 2.21. The number of nitroso groups, excluding NO2 is 1. The van der Waals surface area contributed by atoms with Gasteiger partial charge in [-0.1, -0.05) is 0 Å². The molecule has 0 bridgehead atoms. The van der Waals surface area contributed by atoms with Crippen LogP contribution in [0.1, 0.15) is 13.8 Å². The first-order valence-electron chi connectivity index (χ1n) is 6.53. The van der Waals surface area contributed by atoms with Gasteiger partial charge in [0, 0.05) is 55.4 Å². The Hall–Kier alpha value is -2.30. The third-order valence-corrected chi connectivity index (χ3v) is 3.13. The zero-order valence-corrected chi connectivity index (χ0v) is 12.2. The molecule has 0 N–H and O–H groups in total. The quantitative estimate of drug-likeness (QED) is 0.620. The molecule has 1 aromatic carbocycles. The summed E-state index contributed by atoms with van der Waals surface area (Å²) >= 11 is 0. The molecule has 1 aliphatic rings. The van der Waals surface area contributed by atoms with Crippen LogP contribution < -0.4 is 4.90 Å². The van der Waals surface area contributed by atoms with Crippen LogP contribution in [0, 0.1) is 4.91 Å². The van der Waals surface area contributed by atoms with Gasteiger partial charge in [0.2, 0.25) is 11.7 Å². The summed E-state index contributed by atoms with van der Waals surface area (Å²) in [6.07, 6.45) is 3.54. The van der Waals surface area contributed by atoms with Crippen LogP contribution in [0.15, 0.2) is 58.0 Å². The number of anilines is 1. The van der Waals surface area contributed by atoms with Crippen molar-refractivity contribution in [2.45, 2.75) is 19.9 Å². The van der Waals surface area contributed by atoms with E-state index < -0.39 is 0 Å². The molecule has 0 fully saturated rings. The molecule has 0 saturated carbocycles. The van der Waals surface area contributed by atoms with Gasteiger partial charge in [0.1, 0.15) is 0 Å². The summed E-state index contributed by atoms with van der Waals surface area (Å²) < 4.78 is 0.963. The fourth-order valence-electron chi connectivity index (χ4n) is 1.96. The largest absolute Gasteiger partial charge is 0.378 e. The molecule has 1 aliphatic heterocycles. The van der Waals surface area contributed by atoms with Crippen LogP contribution in [0.4, 0.5) is 11.4 Å². The molecule has 1 heterocycles. The number of allylic oxidation sites excluding steroid dienone is 2. The number of hydrogen-bond donors (Lipinski definition) is 0. The summed E-state index contributed by atoms with van der Waals surface area (Å²) in [5.74, 6) is 0. The fraction of sp³-hybridized carbons (Fsp3) is 0.333. The molecule has 1 aromatic rings. The summed E-state index contributed by atoms with van der Waals surface area (Å²) in [6, 6.07) is 7.62. The lowest BCUT2D eigenvalue weighted by molar-refractivity contribution is -0.524. The summed E-state index contributed by atoms with van der Waals surface area (Å²) in [5.41, 5.74) is 3.28. The van der Waals surface area contributed by atoms with Gasteiger partial charge in [-0.15, -0.1) is 0 Å². The van der Waals surface area contributed by atoms with Crippen molar-refractivity contribution >= 4 is 11.4 Å². The molecule has 0 spiro atoms. The van der Waals surface area contributed by atoms with Crippen molar-refractivity contribution < 1.29 is 4.76 Å². The maximum absolute atomic E-state index is 11.6. The van der Waals surface area contributed by atoms with Crippen molar-refractivity contribution in [3.63, 3.8) is 0 Å². The predicted molar refractivity (Wildman–Crippen MR) is 80.2 cm³/mol. The van der Waals surface area contributed by atoms with Crippen LogP contribution in [-0.4, -0.2) is 24.9 Å². The summed E-state index contributed by atoms with van der Waals surface area (Å²) in [6.45, 7) is 3.61. The Kier molecular flexibility index (Phi) is 4.08. The minimum absolute atomic E-state index is 0.204. The average molecular weight is 271 g/mol. The minimum Gasteiger partial charge on any atom is -0.378 e. The van der Waals surface area contributed by atoms with E-state index in [1.54, 1.807) is 19.1 Å². The molecule has 5 heteroatoms. The first-order valence-corrected chi connectivity index (χ1v) is 6.53. The summed E-state index contributed by atoms with van der Waals surface area (Å²) in [5, 5.41) is 8.39. The van der Waals surface area contributed by atoms with Crippen LogP contribution in [0.25, 0.3) is 0 Å². The van der Waals surface area contributed by atoms with E-state index in [4.69, 9.17) is 0 Å². The Morgan fingerprint density at radius 3 is 2.35 bits per heavy atom. The van der Waals surface area contributed by atoms with Gasteiger partial charge >= 0.3 is 0 Å². The van der Waals surface area contributed by atoms with E-state index >= 15 is 0 Å². The molecule has 2 rings (SSSR count). The van der Waals surface area contributed by atoms with E-state index in [0.29, 0.717) is 5.70 Å². The van der Waals surface area contributed by atoms with Gasteiger partial charge in [-0.25, -0.2) is 0 Å². The summed E-state index contributed by atoms with van der Waals surface area (Å²) in [7, 11) is 3.99. The average Bonchev–Trinajstić information content (AvgIpc) is 2.42. The number of hydrogen-bond acceptors (Lipinski definition) is 4. The fourth-order valence-corrected chi connectivity index (χ4v) is 1.96. The molecule has 1 unspecified atom stereocenters. The van der Waals surface area contributed by atoms with Gasteiger partial charge in [-0.05, 0) is 24.3 Å².